The van der Waals surface area contributed by atoms with E-state index < -0.39 is 17.6 Å². The summed E-state index contributed by atoms with van der Waals surface area (Å²) < 4.78 is 16.1. The maximum Gasteiger partial charge on any atom is 0.426 e. The van der Waals surface area contributed by atoms with E-state index in [1.165, 1.54) is 0 Å². The molecule has 208 valence electrons. The molecule has 0 spiro atoms. The maximum atomic E-state index is 12.4. The number of benzene rings is 2. The minimum absolute atomic E-state index is 0.00994. The van der Waals surface area contributed by atoms with E-state index in [9.17, 15) is 19.2 Å². The van der Waals surface area contributed by atoms with Crippen molar-refractivity contribution in [1.29, 1.82) is 0 Å². The van der Waals surface area contributed by atoms with Crippen LogP contribution in [0.25, 0.3) is 0 Å². The van der Waals surface area contributed by atoms with Crippen LogP contribution in [0.2, 0.25) is 0 Å². The fraction of sp³-hybridized carbons (Fsp3) is 0.370. The summed E-state index contributed by atoms with van der Waals surface area (Å²) >= 11 is 0. The van der Waals surface area contributed by atoms with Crippen LogP contribution in [0.15, 0.2) is 53.5 Å². The molecule has 0 fully saturated rings. The lowest BCUT2D eigenvalue weighted by atomic mass is 10.1. The van der Waals surface area contributed by atoms with Gasteiger partial charge in [-0.2, -0.15) is 0 Å². The number of carbonyl (C=O) groups excluding carboxylic acids is 4. The molecule has 0 aromatic heterocycles. The van der Waals surface area contributed by atoms with Crippen LogP contribution in [0.4, 0.5) is 16.2 Å². The lowest BCUT2D eigenvalue weighted by Gasteiger charge is -2.19. The Balaban J connectivity index is 1.38. The standard InChI is InChI=1S/C27H33N5O7/c1-27(2,3)39-26(36)32-31-23(33)12-14-37-15-13-28-25(35)17-38-22-11-7-4-8-18(22)21-16-24(34)30-20-10-6-5-9-19(20)29-21/h4-11H,12-17H2,1-3H3,(H,28,35)(H,30,34)(H,31,33)(H,32,36). The summed E-state index contributed by atoms with van der Waals surface area (Å²) in [5.41, 5.74) is 6.14. The number of hydrazine groups is 1. The second kappa shape index (κ2) is 13.9. The summed E-state index contributed by atoms with van der Waals surface area (Å²) in [7, 11) is 0. The van der Waals surface area contributed by atoms with Gasteiger partial charge in [-0.15, -0.1) is 0 Å². The maximum absolute atomic E-state index is 12.4. The van der Waals surface area contributed by atoms with Crippen molar-refractivity contribution in [2.24, 2.45) is 4.99 Å². The third-order valence-electron chi connectivity index (χ3n) is 5.06. The topological polar surface area (TPSA) is 156 Å². The Morgan fingerprint density at radius 3 is 2.51 bits per heavy atom. The number of rotatable bonds is 10. The second-order valence-corrected chi connectivity index (χ2v) is 9.47. The van der Waals surface area contributed by atoms with Crippen LogP contribution in [-0.4, -0.2) is 61.5 Å². The Kier molecular flexibility index (Phi) is 10.4. The van der Waals surface area contributed by atoms with Crippen molar-refractivity contribution >= 4 is 40.9 Å². The van der Waals surface area contributed by atoms with E-state index in [0.29, 0.717) is 28.4 Å². The molecule has 0 unspecified atom stereocenters. The monoisotopic (exact) mass is 539 g/mol. The number of amides is 4. The van der Waals surface area contributed by atoms with E-state index in [1.807, 2.05) is 24.3 Å². The van der Waals surface area contributed by atoms with Crippen molar-refractivity contribution in [3.63, 3.8) is 0 Å². The van der Waals surface area contributed by atoms with E-state index in [0.717, 1.165) is 0 Å². The Labute approximate surface area is 226 Å². The zero-order chi connectivity index (χ0) is 28.3. The molecule has 2 aromatic rings. The Morgan fingerprint density at radius 1 is 0.974 bits per heavy atom. The molecule has 12 nitrogen and oxygen atoms in total. The number of hydrogen-bond donors (Lipinski definition) is 4. The van der Waals surface area contributed by atoms with Gasteiger partial charge in [0.05, 0.1) is 43.1 Å². The lowest BCUT2D eigenvalue weighted by molar-refractivity contribution is -0.124. The van der Waals surface area contributed by atoms with Gasteiger partial charge in [-0.05, 0) is 45.0 Å². The SMILES string of the molecule is CC(C)(C)OC(=O)NNC(=O)CCOCCNC(=O)COc1ccccc1C1=Nc2ccccc2NC(=O)C1. The Bertz CT molecular complexity index is 1220. The van der Waals surface area contributed by atoms with Gasteiger partial charge in [-0.3, -0.25) is 19.8 Å². The molecule has 0 saturated heterocycles. The second-order valence-electron chi connectivity index (χ2n) is 9.47. The molecular weight excluding hydrogens is 506 g/mol. The lowest BCUT2D eigenvalue weighted by Crippen LogP contribution is -2.44. The van der Waals surface area contributed by atoms with Crippen LogP contribution in [0.3, 0.4) is 0 Å². The quantitative estimate of drug-likeness (QED) is 0.267. The van der Waals surface area contributed by atoms with Crippen LogP contribution in [0, 0.1) is 0 Å². The van der Waals surface area contributed by atoms with Gasteiger partial charge in [-0.25, -0.2) is 15.2 Å². The molecule has 0 atom stereocenters. The Hall–Kier alpha value is -4.45. The van der Waals surface area contributed by atoms with E-state index in [-0.39, 0.29) is 51.0 Å². The van der Waals surface area contributed by atoms with Crippen LogP contribution in [-0.2, 0) is 23.9 Å². The predicted molar refractivity (Wildman–Crippen MR) is 144 cm³/mol. The molecule has 1 heterocycles. The summed E-state index contributed by atoms with van der Waals surface area (Å²) in [6.45, 7) is 5.37. The molecule has 1 aliphatic rings. The van der Waals surface area contributed by atoms with E-state index >= 15 is 0 Å². The molecule has 12 heteroatoms. The first-order valence-electron chi connectivity index (χ1n) is 12.4. The largest absolute Gasteiger partial charge is 0.483 e. The molecule has 39 heavy (non-hydrogen) atoms. The minimum Gasteiger partial charge on any atom is -0.483 e. The zero-order valence-electron chi connectivity index (χ0n) is 22.2. The highest BCUT2D eigenvalue weighted by Crippen LogP contribution is 2.30. The van der Waals surface area contributed by atoms with E-state index in [2.05, 4.69) is 26.5 Å². The minimum atomic E-state index is -0.762. The fourth-order valence-electron chi connectivity index (χ4n) is 3.41. The molecular formula is C27H33N5O7. The number of nitrogens with zero attached hydrogens (tertiary/aromatic N) is 1. The smallest absolute Gasteiger partial charge is 0.426 e. The number of nitrogens with one attached hydrogen (secondary N) is 4. The van der Waals surface area contributed by atoms with Gasteiger partial charge in [0.1, 0.15) is 11.4 Å². The molecule has 0 aliphatic carbocycles. The molecule has 0 saturated carbocycles. The number of aliphatic imine (C=N–C) groups is 1. The van der Waals surface area contributed by atoms with Crippen LogP contribution >= 0.6 is 0 Å². The number of ether oxygens (including phenoxy) is 3. The number of anilines is 1. The fourth-order valence-corrected chi connectivity index (χ4v) is 3.41. The molecule has 0 bridgehead atoms. The molecule has 0 radical (unpaired) electrons. The van der Waals surface area contributed by atoms with Crippen LogP contribution in [0.1, 0.15) is 39.2 Å². The first kappa shape index (κ1) is 29.1. The highest BCUT2D eigenvalue weighted by atomic mass is 16.6. The van der Waals surface area contributed by atoms with Crippen molar-refractivity contribution in [3.05, 3.63) is 54.1 Å². The summed E-state index contributed by atoms with van der Waals surface area (Å²) in [5.74, 6) is -0.571. The highest BCUT2D eigenvalue weighted by Gasteiger charge is 2.20. The summed E-state index contributed by atoms with van der Waals surface area (Å²) in [6, 6.07) is 14.4. The average molecular weight is 540 g/mol. The number of carbonyl (C=O) groups is 4. The van der Waals surface area contributed by atoms with E-state index in [1.54, 1.807) is 45.0 Å². The van der Waals surface area contributed by atoms with Crippen molar-refractivity contribution in [2.45, 2.75) is 39.2 Å². The van der Waals surface area contributed by atoms with Gasteiger partial charge < -0.3 is 24.8 Å². The first-order valence-corrected chi connectivity index (χ1v) is 12.4. The van der Waals surface area contributed by atoms with Gasteiger partial charge in [-0.1, -0.05) is 24.3 Å². The van der Waals surface area contributed by atoms with Crippen LogP contribution < -0.4 is 26.2 Å². The van der Waals surface area contributed by atoms with Crippen molar-refractivity contribution in [2.75, 3.05) is 31.7 Å². The molecule has 4 amide bonds. The normalized spacial score (nSPS) is 12.7. The van der Waals surface area contributed by atoms with Gasteiger partial charge in [0.15, 0.2) is 6.61 Å². The number of para-hydroxylation sites is 3. The third kappa shape index (κ3) is 10.1. The number of hydrogen-bond acceptors (Lipinski definition) is 8. The summed E-state index contributed by atoms with van der Waals surface area (Å²) in [4.78, 5) is 52.5. The van der Waals surface area contributed by atoms with Crippen molar-refractivity contribution in [3.8, 4) is 5.75 Å². The Morgan fingerprint density at radius 2 is 1.72 bits per heavy atom. The van der Waals surface area contributed by atoms with Crippen molar-refractivity contribution < 1.29 is 33.4 Å². The van der Waals surface area contributed by atoms with Gasteiger partial charge in [0.2, 0.25) is 11.8 Å². The third-order valence-corrected chi connectivity index (χ3v) is 5.06. The molecule has 1 aliphatic heterocycles. The zero-order valence-corrected chi connectivity index (χ0v) is 22.2. The van der Waals surface area contributed by atoms with Crippen molar-refractivity contribution in [1.82, 2.24) is 16.2 Å². The van der Waals surface area contributed by atoms with Crippen LogP contribution in [0.5, 0.6) is 5.75 Å². The summed E-state index contributed by atoms with van der Waals surface area (Å²) in [6.07, 6.45) is -0.689. The molecule has 3 rings (SSSR count). The highest BCUT2D eigenvalue weighted by molar-refractivity contribution is 6.17. The number of fused-ring (bicyclic) bond motifs is 1. The van der Waals surface area contributed by atoms with Gasteiger partial charge in [0.25, 0.3) is 5.91 Å². The average Bonchev–Trinajstić information content (AvgIpc) is 3.05. The van der Waals surface area contributed by atoms with Gasteiger partial charge >= 0.3 is 6.09 Å². The molecule has 4 N–H and O–H groups in total. The first-order chi connectivity index (χ1) is 18.6. The van der Waals surface area contributed by atoms with E-state index in [4.69, 9.17) is 14.2 Å². The van der Waals surface area contributed by atoms with Gasteiger partial charge in [0, 0.05) is 12.1 Å². The summed E-state index contributed by atoms with van der Waals surface area (Å²) in [5, 5.41) is 5.51. The molecule has 2 aromatic carbocycles. The predicted octanol–water partition coefficient (Wildman–Crippen LogP) is 2.61.